The van der Waals surface area contributed by atoms with Gasteiger partial charge in [0.25, 0.3) is 5.91 Å². The van der Waals surface area contributed by atoms with E-state index in [9.17, 15) is 4.79 Å². The van der Waals surface area contributed by atoms with Gasteiger partial charge in [0, 0.05) is 18.9 Å². The van der Waals surface area contributed by atoms with Gasteiger partial charge in [-0.25, -0.2) is 0 Å². The van der Waals surface area contributed by atoms with Gasteiger partial charge in [0.2, 0.25) is 0 Å². The first-order valence-electron chi connectivity index (χ1n) is 8.76. The van der Waals surface area contributed by atoms with E-state index in [4.69, 9.17) is 4.52 Å². The summed E-state index contributed by atoms with van der Waals surface area (Å²) in [6, 6.07) is 1.70. The number of nitrogens with one attached hydrogen (secondary N) is 2. The highest BCUT2D eigenvalue weighted by molar-refractivity contribution is 5.92. The maximum atomic E-state index is 12.3. The monoisotopic (exact) mass is 306 g/mol. The summed E-state index contributed by atoms with van der Waals surface area (Å²) in [7, 11) is 0. The molecule has 2 heterocycles. The number of aryl methyl sites for hydroxylation is 1. The lowest BCUT2D eigenvalue weighted by Crippen LogP contribution is -3.22. The average molecular weight is 306 g/mol. The molecule has 0 unspecified atom stereocenters. The number of carbonyl (C=O) groups is 1. The smallest absolute Gasteiger partial charge is 0.273 e. The number of hydrogen-bond donors (Lipinski definition) is 2. The molecule has 0 aromatic carbocycles. The van der Waals surface area contributed by atoms with Crippen LogP contribution >= 0.6 is 0 Å². The third-order valence-corrected chi connectivity index (χ3v) is 5.47. The number of likely N-dealkylation sites (tertiary alicyclic amines) is 1. The minimum Gasteiger partial charge on any atom is -0.361 e. The van der Waals surface area contributed by atoms with E-state index in [1.54, 1.807) is 11.0 Å². The van der Waals surface area contributed by atoms with Gasteiger partial charge in [-0.05, 0) is 39.0 Å². The summed E-state index contributed by atoms with van der Waals surface area (Å²) in [5.74, 6) is 0.581. The Morgan fingerprint density at radius 1 is 1.23 bits per heavy atom. The molecule has 0 spiro atoms. The molecule has 2 N–H and O–H groups in total. The van der Waals surface area contributed by atoms with Crippen molar-refractivity contribution in [2.75, 3.05) is 19.6 Å². The van der Waals surface area contributed by atoms with Gasteiger partial charge in [0.15, 0.2) is 5.69 Å². The zero-order valence-corrected chi connectivity index (χ0v) is 13.6. The Morgan fingerprint density at radius 3 is 2.55 bits per heavy atom. The molecule has 3 rings (SSSR count). The van der Waals surface area contributed by atoms with E-state index < -0.39 is 0 Å². The number of aromatic nitrogens is 1. The van der Waals surface area contributed by atoms with Crippen LogP contribution in [-0.4, -0.2) is 36.2 Å². The lowest BCUT2D eigenvalue weighted by Gasteiger charge is -2.45. The third kappa shape index (κ3) is 3.35. The maximum absolute atomic E-state index is 12.3. The summed E-state index contributed by atoms with van der Waals surface area (Å²) >= 11 is 0. The average Bonchev–Trinajstić information content (AvgIpc) is 3.01. The predicted molar refractivity (Wildman–Crippen MR) is 83.9 cm³/mol. The highest BCUT2D eigenvalue weighted by Crippen LogP contribution is 2.26. The second-order valence-electron chi connectivity index (χ2n) is 7.01. The Kier molecular flexibility index (Phi) is 4.81. The van der Waals surface area contributed by atoms with E-state index in [0.29, 0.717) is 11.5 Å². The number of hydrogen-bond acceptors (Lipinski definition) is 3. The van der Waals surface area contributed by atoms with Crippen LogP contribution in [0.2, 0.25) is 0 Å². The van der Waals surface area contributed by atoms with Crippen molar-refractivity contribution in [1.82, 2.24) is 10.5 Å². The highest BCUT2D eigenvalue weighted by atomic mass is 16.5. The highest BCUT2D eigenvalue weighted by Gasteiger charge is 2.42. The molecular weight excluding hydrogens is 278 g/mol. The molecule has 2 fully saturated rings. The Labute approximate surface area is 132 Å². The van der Waals surface area contributed by atoms with Crippen molar-refractivity contribution in [2.45, 2.75) is 63.8 Å². The fraction of sp³-hybridized carbons (Fsp3) is 0.765. The summed E-state index contributed by atoms with van der Waals surface area (Å²) < 4.78 is 5.00. The Bertz CT molecular complexity index is 500. The second-order valence-corrected chi connectivity index (χ2v) is 7.01. The molecule has 1 aliphatic carbocycles. The molecule has 0 atom stereocenters. The van der Waals surface area contributed by atoms with Crippen molar-refractivity contribution < 1.29 is 14.2 Å². The number of rotatable bonds is 4. The molecule has 5 nitrogen and oxygen atoms in total. The number of amides is 1. The Hall–Kier alpha value is -1.36. The van der Waals surface area contributed by atoms with Gasteiger partial charge in [0.05, 0.1) is 19.6 Å². The predicted octanol–water partition coefficient (Wildman–Crippen LogP) is 1.48. The van der Waals surface area contributed by atoms with Crippen molar-refractivity contribution in [2.24, 2.45) is 0 Å². The zero-order chi connectivity index (χ0) is 15.4. The first-order valence-corrected chi connectivity index (χ1v) is 8.76. The lowest BCUT2D eigenvalue weighted by atomic mass is 9.79. The third-order valence-electron chi connectivity index (χ3n) is 5.47. The van der Waals surface area contributed by atoms with Crippen molar-refractivity contribution in [3.8, 4) is 0 Å². The molecule has 122 valence electrons. The van der Waals surface area contributed by atoms with E-state index in [0.717, 1.165) is 6.54 Å². The summed E-state index contributed by atoms with van der Waals surface area (Å²) in [6.07, 6.45) is 10.4. The van der Waals surface area contributed by atoms with Gasteiger partial charge in [0.1, 0.15) is 11.3 Å². The van der Waals surface area contributed by atoms with Crippen LogP contribution in [0.15, 0.2) is 10.6 Å². The van der Waals surface area contributed by atoms with Gasteiger partial charge < -0.3 is 14.7 Å². The van der Waals surface area contributed by atoms with E-state index in [2.05, 4.69) is 10.5 Å². The fourth-order valence-corrected chi connectivity index (χ4v) is 4.21. The van der Waals surface area contributed by atoms with Crippen molar-refractivity contribution in [1.29, 1.82) is 0 Å². The number of carbonyl (C=O) groups excluding carboxylic acids is 1. The van der Waals surface area contributed by atoms with E-state index in [-0.39, 0.29) is 11.4 Å². The van der Waals surface area contributed by atoms with Gasteiger partial charge in [-0.2, -0.15) is 0 Å². The van der Waals surface area contributed by atoms with Crippen LogP contribution in [0.3, 0.4) is 0 Å². The molecule has 0 radical (unpaired) electrons. The van der Waals surface area contributed by atoms with Crippen LogP contribution in [0.25, 0.3) is 0 Å². The molecule has 22 heavy (non-hydrogen) atoms. The SMILES string of the molecule is Cc1cc(C(=O)NCC2([NH+]3CCCCC3)CCCCC2)no1. The van der Waals surface area contributed by atoms with Gasteiger partial charge >= 0.3 is 0 Å². The van der Waals surface area contributed by atoms with Gasteiger partial charge in [-0.15, -0.1) is 0 Å². The summed E-state index contributed by atoms with van der Waals surface area (Å²) in [6.45, 7) is 5.11. The van der Waals surface area contributed by atoms with Crippen LogP contribution in [-0.2, 0) is 0 Å². The van der Waals surface area contributed by atoms with Crippen LogP contribution in [0.5, 0.6) is 0 Å². The minimum absolute atomic E-state index is 0.0989. The van der Waals surface area contributed by atoms with Crippen LogP contribution < -0.4 is 10.2 Å². The Morgan fingerprint density at radius 2 is 1.91 bits per heavy atom. The molecule has 5 heteroatoms. The largest absolute Gasteiger partial charge is 0.361 e. The van der Waals surface area contributed by atoms with E-state index in [1.807, 2.05) is 6.92 Å². The first-order chi connectivity index (χ1) is 10.7. The standard InChI is InChI=1S/C17H27N3O2/c1-14-12-15(19-22-14)16(21)18-13-17(8-4-2-5-9-17)20-10-6-3-7-11-20/h12H,2-11,13H2,1H3,(H,18,21)/p+1. The quantitative estimate of drug-likeness (QED) is 0.886. The Balaban J connectivity index is 1.66. The molecule has 1 saturated carbocycles. The normalized spacial score (nSPS) is 22.4. The van der Waals surface area contributed by atoms with Crippen molar-refractivity contribution in [3.63, 3.8) is 0 Å². The topological polar surface area (TPSA) is 59.6 Å². The number of nitrogens with zero attached hydrogens (tertiary/aromatic N) is 1. The second kappa shape index (κ2) is 6.82. The summed E-state index contributed by atoms with van der Waals surface area (Å²) in [5.41, 5.74) is 0.643. The lowest BCUT2D eigenvalue weighted by molar-refractivity contribution is -0.957. The summed E-state index contributed by atoms with van der Waals surface area (Å²) in [4.78, 5) is 14.0. The molecular formula is C17H28N3O2+. The van der Waals surface area contributed by atoms with Crippen LogP contribution in [0.4, 0.5) is 0 Å². The van der Waals surface area contributed by atoms with Crippen LogP contribution in [0.1, 0.15) is 67.6 Å². The van der Waals surface area contributed by atoms with E-state index >= 15 is 0 Å². The summed E-state index contributed by atoms with van der Waals surface area (Å²) in [5, 5.41) is 6.96. The van der Waals surface area contributed by atoms with Crippen molar-refractivity contribution in [3.05, 3.63) is 17.5 Å². The molecule has 1 aliphatic heterocycles. The minimum atomic E-state index is -0.0989. The first kappa shape index (κ1) is 15.5. The molecule has 1 aromatic rings. The van der Waals surface area contributed by atoms with Crippen LogP contribution in [0, 0.1) is 6.92 Å². The maximum Gasteiger partial charge on any atom is 0.273 e. The molecule has 2 aliphatic rings. The molecule has 1 amide bonds. The van der Waals surface area contributed by atoms with Gasteiger partial charge in [-0.1, -0.05) is 11.6 Å². The van der Waals surface area contributed by atoms with Crippen molar-refractivity contribution >= 4 is 5.91 Å². The zero-order valence-electron chi connectivity index (χ0n) is 13.6. The fourth-order valence-electron chi connectivity index (χ4n) is 4.21. The molecule has 1 saturated heterocycles. The van der Waals surface area contributed by atoms with E-state index in [1.165, 1.54) is 64.5 Å². The van der Waals surface area contributed by atoms with Gasteiger partial charge in [-0.3, -0.25) is 4.79 Å². The molecule has 1 aromatic heterocycles. The molecule has 0 bridgehead atoms. The number of piperidine rings is 1. The number of quaternary nitrogens is 1.